The van der Waals surface area contributed by atoms with Crippen LogP contribution in [0.1, 0.15) is 24.2 Å². The SMILES string of the molecule is C[C@@H]1COC[C@@H](C)N1C(=O)c1ccc(N)cc1. The standard InChI is InChI=1S/C13H18N2O2/c1-9-7-17-8-10(2)15(9)13(16)11-3-5-12(14)6-4-11/h3-6,9-10H,7-8,14H2,1-2H3/t9-,10-/m1/s1. The van der Waals surface area contributed by atoms with Crippen LogP contribution in [0.5, 0.6) is 0 Å². The third kappa shape index (κ3) is 2.42. The van der Waals surface area contributed by atoms with Gasteiger partial charge in [0.2, 0.25) is 0 Å². The fraction of sp³-hybridized carbons (Fsp3) is 0.462. The molecule has 4 heteroatoms. The van der Waals surface area contributed by atoms with Crippen molar-refractivity contribution in [3.63, 3.8) is 0 Å². The Morgan fingerprint density at radius 1 is 1.24 bits per heavy atom. The van der Waals surface area contributed by atoms with Crippen molar-refractivity contribution in [1.29, 1.82) is 0 Å². The van der Waals surface area contributed by atoms with E-state index in [1.165, 1.54) is 0 Å². The molecular formula is C13H18N2O2. The molecular weight excluding hydrogens is 216 g/mol. The zero-order chi connectivity index (χ0) is 12.4. The molecule has 2 rings (SSSR count). The number of carbonyl (C=O) groups excluding carboxylic acids is 1. The van der Waals surface area contributed by atoms with Crippen molar-refractivity contribution in [3.8, 4) is 0 Å². The maximum absolute atomic E-state index is 12.4. The first kappa shape index (κ1) is 11.9. The fourth-order valence-electron chi connectivity index (χ4n) is 2.18. The molecule has 1 aliphatic rings. The Hall–Kier alpha value is -1.55. The molecule has 0 unspecified atom stereocenters. The predicted molar refractivity (Wildman–Crippen MR) is 66.8 cm³/mol. The highest BCUT2D eigenvalue weighted by atomic mass is 16.5. The maximum Gasteiger partial charge on any atom is 0.254 e. The van der Waals surface area contributed by atoms with Crippen LogP contribution >= 0.6 is 0 Å². The maximum atomic E-state index is 12.4. The highest BCUT2D eigenvalue weighted by molar-refractivity contribution is 5.95. The van der Waals surface area contributed by atoms with Gasteiger partial charge in [-0.15, -0.1) is 0 Å². The van der Waals surface area contributed by atoms with E-state index in [2.05, 4.69) is 0 Å². The van der Waals surface area contributed by atoms with E-state index in [1.807, 2.05) is 18.7 Å². The van der Waals surface area contributed by atoms with Crippen LogP contribution < -0.4 is 5.73 Å². The first-order valence-corrected chi connectivity index (χ1v) is 5.85. The number of amides is 1. The van der Waals surface area contributed by atoms with Crippen molar-refractivity contribution in [2.24, 2.45) is 0 Å². The van der Waals surface area contributed by atoms with Gasteiger partial charge in [-0.25, -0.2) is 0 Å². The van der Waals surface area contributed by atoms with Gasteiger partial charge in [0, 0.05) is 11.3 Å². The number of nitrogen functional groups attached to an aromatic ring is 1. The molecule has 0 aliphatic carbocycles. The number of nitrogens with two attached hydrogens (primary N) is 1. The summed E-state index contributed by atoms with van der Waals surface area (Å²) in [6, 6.07) is 7.28. The van der Waals surface area contributed by atoms with Crippen LogP contribution in [0.3, 0.4) is 0 Å². The van der Waals surface area contributed by atoms with Crippen LogP contribution in [0.15, 0.2) is 24.3 Å². The van der Waals surface area contributed by atoms with Gasteiger partial charge in [0.05, 0.1) is 25.3 Å². The first-order valence-electron chi connectivity index (χ1n) is 5.85. The molecule has 92 valence electrons. The van der Waals surface area contributed by atoms with Crippen LogP contribution in [0.4, 0.5) is 5.69 Å². The van der Waals surface area contributed by atoms with Crippen LogP contribution in [-0.2, 0) is 4.74 Å². The number of benzene rings is 1. The van der Waals surface area contributed by atoms with E-state index in [0.717, 1.165) is 0 Å². The quantitative estimate of drug-likeness (QED) is 0.749. The zero-order valence-corrected chi connectivity index (χ0v) is 10.2. The van der Waals surface area contributed by atoms with Gasteiger partial charge in [0.1, 0.15) is 0 Å². The van der Waals surface area contributed by atoms with Crippen molar-refractivity contribution in [3.05, 3.63) is 29.8 Å². The number of morpholine rings is 1. The number of ether oxygens (including phenoxy) is 1. The van der Waals surface area contributed by atoms with Gasteiger partial charge in [0.25, 0.3) is 5.91 Å². The van der Waals surface area contributed by atoms with Gasteiger partial charge in [0.15, 0.2) is 0 Å². The molecule has 0 bridgehead atoms. The summed E-state index contributed by atoms with van der Waals surface area (Å²) in [7, 11) is 0. The Balaban J connectivity index is 2.20. The Morgan fingerprint density at radius 2 is 1.76 bits per heavy atom. The number of nitrogens with zero attached hydrogens (tertiary/aromatic N) is 1. The molecule has 1 amide bonds. The molecule has 1 heterocycles. The number of anilines is 1. The molecule has 1 saturated heterocycles. The predicted octanol–water partition coefficient (Wildman–Crippen LogP) is 1.52. The van der Waals surface area contributed by atoms with Gasteiger partial charge in [-0.2, -0.15) is 0 Å². The number of carbonyl (C=O) groups is 1. The number of rotatable bonds is 1. The van der Waals surface area contributed by atoms with E-state index < -0.39 is 0 Å². The Morgan fingerprint density at radius 3 is 2.29 bits per heavy atom. The van der Waals surface area contributed by atoms with Crippen molar-refractivity contribution in [2.75, 3.05) is 18.9 Å². The van der Waals surface area contributed by atoms with Gasteiger partial charge in [-0.3, -0.25) is 4.79 Å². The van der Waals surface area contributed by atoms with Crippen LogP contribution in [0.25, 0.3) is 0 Å². The number of hydrogen-bond acceptors (Lipinski definition) is 3. The number of hydrogen-bond donors (Lipinski definition) is 1. The molecule has 1 aromatic carbocycles. The second-order valence-electron chi connectivity index (χ2n) is 4.57. The minimum absolute atomic E-state index is 0.0494. The third-order valence-corrected chi connectivity index (χ3v) is 3.06. The summed E-state index contributed by atoms with van der Waals surface area (Å²) < 4.78 is 5.42. The van der Waals surface area contributed by atoms with Crippen molar-refractivity contribution in [2.45, 2.75) is 25.9 Å². The van der Waals surface area contributed by atoms with Crippen molar-refractivity contribution >= 4 is 11.6 Å². The Bertz CT molecular complexity index is 392. The third-order valence-electron chi connectivity index (χ3n) is 3.06. The summed E-state index contributed by atoms with van der Waals surface area (Å²) in [5, 5.41) is 0. The van der Waals surface area contributed by atoms with Gasteiger partial charge in [-0.1, -0.05) is 0 Å². The molecule has 0 aromatic heterocycles. The minimum atomic E-state index is 0.0494. The Kier molecular flexibility index (Phi) is 3.33. The monoisotopic (exact) mass is 234 g/mol. The lowest BCUT2D eigenvalue weighted by atomic mass is 10.1. The van der Waals surface area contributed by atoms with E-state index in [0.29, 0.717) is 24.5 Å². The molecule has 0 radical (unpaired) electrons. The van der Waals surface area contributed by atoms with E-state index in [1.54, 1.807) is 24.3 Å². The highest BCUT2D eigenvalue weighted by Crippen LogP contribution is 2.17. The van der Waals surface area contributed by atoms with E-state index in [-0.39, 0.29) is 18.0 Å². The molecule has 2 atom stereocenters. The van der Waals surface area contributed by atoms with E-state index in [4.69, 9.17) is 10.5 Å². The summed E-state index contributed by atoms with van der Waals surface area (Å²) >= 11 is 0. The Labute approximate surface area is 101 Å². The van der Waals surface area contributed by atoms with Crippen LogP contribution in [-0.4, -0.2) is 36.1 Å². The van der Waals surface area contributed by atoms with E-state index >= 15 is 0 Å². The molecule has 4 nitrogen and oxygen atoms in total. The smallest absolute Gasteiger partial charge is 0.254 e. The average Bonchev–Trinajstić information content (AvgIpc) is 2.29. The topological polar surface area (TPSA) is 55.6 Å². The van der Waals surface area contributed by atoms with Crippen LogP contribution in [0, 0.1) is 0 Å². The summed E-state index contributed by atoms with van der Waals surface area (Å²) in [6.07, 6.45) is 0. The fourth-order valence-corrected chi connectivity index (χ4v) is 2.18. The normalized spacial score (nSPS) is 24.7. The molecule has 0 saturated carbocycles. The van der Waals surface area contributed by atoms with Gasteiger partial charge < -0.3 is 15.4 Å². The summed E-state index contributed by atoms with van der Waals surface area (Å²) in [6.45, 7) is 5.21. The largest absolute Gasteiger partial charge is 0.399 e. The lowest BCUT2D eigenvalue weighted by Gasteiger charge is -2.38. The minimum Gasteiger partial charge on any atom is -0.399 e. The van der Waals surface area contributed by atoms with Crippen molar-refractivity contribution < 1.29 is 9.53 Å². The van der Waals surface area contributed by atoms with Gasteiger partial charge >= 0.3 is 0 Å². The summed E-state index contributed by atoms with van der Waals surface area (Å²) in [5.41, 5.74) is 6.97. The summed E-state index contributed by atoms with van der Waals surface area (Å²) in [5.74, 6) is 0.0494. The highest BCUT2D eigenvalue weighted by Gasteiger charge is 2.30. The lowest BCUT2D eigenvalue weighted by molar-refractivity contribution is -0.0249. The van der Waals surface area contributed by atoms with Crippen LogP contribution in [0.2, 0.25) is 0 Å². The molecule has 0 spiro atoms. The molecule has 17 heavy (non-hydrogen) atoms. The first-order chi connectivity index (χ1) is 8.09. The second-order valence-corrected chi connectivity index (χ2v) is 4.57. The van der Waals surface area contributed by atoms with E-state index in [9.17, 15) is 4.79 Å². The van der Waals surface area contributed by atoms with Crippen molar-refractivity contribution in [1.82, 2.24) is 4.90 Å². The average molecular weight is 234 g/mol. The second kappa shape index (κ2) is 4.75. The zero-order valence-electron chi connectivity index (χ0n) is 10.2. The molecule has 2 N–H and O–H groups in total. The molecule has 1 aromatic rings. The van der Waals surface area contributed by atoms with Gasteiger partial charge in [-0.05, 0) is 38.1 Å². The molecule has 1 aliphatic heterocycles. The summed E-state index contributed by atoms with van der Waals surface area (Å²) in [4.78, 5) is 14.2. The molecule has 1 fully saturated rings. The lowest BCUT2D eigenvalue weighted by Crippen LogP contribution is -2.52.